The number of amides is 2. The van der Waals surface area contributed by atoms with Crippen LogP contribution in [-0.2, 0) is 9.59 Å². The van der Waals surface area contributed by atoms with Crippen LogP contribution in [0.3, 0.4) is 0 Å². The first-order valence-electron chi connectivity index (χ1n) is 7.39. The molecule has 0 saturated heterocycles. The molecule has 0 aromatic heterocycles. The number of halogens is 2. The molecule has 2 amide bonds. The van der Waals surface area contributed by atoms with Gasteiger partial charge >= 0.3 is 0 Å². The molecular weight excluding hydrogens is 307 g/mol. The average Bonchev–Trinajstić information content (AvgIpc) is 2.42. The minimum Gasteiger partial charge on any atom is -0.356 e. The summed E-state index contributed by atoms with van der Waals surface area (Å²) in [6.07, 6.45) is 2.91. The molecule has 122 valence electrons. The summed E-state index contributed by atoms with van der Waals surface area (Å²) in [5.41, 5.74) is 0.696. The van der Waals surface area contributed by atoms with Gasteiger partial charge in [-0.25, -0.2) is 4.39 Å². The van der Waals surface area contributed by atoms with Gasteiger partial charge in [0.1, 0.15) is 5.82 Å². The molecule has 6 heteroatoms. The summed E-state index contributed by atoms with van der Waals surface area (Å²) >= 11 is 5.97. The van der Waals surface area contributed by atoms with E-state index in [4.69, 9.17) is 11.6 Å². The highest BCUT2D eigenvalue weighted by atomic mass is 35.5. The fourth-order valence-corrected chi connectivity index (χ4v) is 2.43. The van der Waals surface area contributed by atoms with Crippen molar-refractivity contribution in [2.45, 2.75) is 45.6 Å². The molecule has 2 N–H and O–H groups in total. The van der Waals surface area contributed by atoms with E-state index in [1.807, 2.05) is 6.92 Å². The molecule has 0 heterocycles. The van der Waals surface area contributed by atoms with Crippen LogP contribution >= 0.6 is 11.6 Å². The Hall–Kier alpha value is -1.62. The number of unbranched alkanes of at least 4 members (excludes halogenated alkanes) is 2. The largest absolute Gasteiger partial charge is 0.356 e. The molecule has 4 nitrogen and oxygen atoms in total. The van der Waals surface area contributed by atoms with Crippen molar-refractivity contribution >= 4 is 23.4 Å². The van der Waals surface area contributed by atoms with Crippen LogP contribution in [0.25, 0.3) is 0 Å². The Morgan fingerprint density at radius 2 is 2.00 bits per heavy atom. The molecule has 0 bridgehead atoms. The zero-order valence-corrected chi connectivity index (χ0v) is 13.7. The molecule has 0 saturated carbocycles. The van der Waals surface area contributed by atoms with E-state index in [1.165, 1.54) is 19.1 Å². The van der Waals surface area contributed by atoms with Crippen molar-refractivity contribution in [1.29, 1.82) is 0 Å². The summed E-state index contributed by atoms with van der Waals surface area (Å²) in [6.45, 7) is 3.93. The molecule has 1 rings (SSSR count). The second kappa shape index (κ2) is 9.41. The maximum absolute atomic E-state index is 13.0. The maximum atomic E-state index is 13.0. The summed E-state index contributed by atoms with van der Waals surface area (Å²) in [7, 11) is 0. The number of benzene rings is 1. The third-order valence-corrected chi connectivity index (χ3v) is 3.59. The van der Waals surface area contributed by atoms with Gasteiger partial charge in [-0.1, -0.05) is 24.1 Å². The topological polar surface area (TPSA) is 58.2 Å². The summed E-state index contributed by atoms with van der Waals surface area (Å²) in [5, 5.41) is 5.87. The lowest BCUT2D eigenvalue weighted by atomic mass is 10.1. The smallest absolute Gasteiger partial charge is 0.220 e. The predicted molar refractivity (Wildman–Crippen MR) is 85.1 cm³/mol. The van der Waals surface area contributed by atoms with Crippen molar-refractivity contribution in [3.63, 3.8) is 0 Å². The zero-order chi connectivity index (χ0) is 16.5. The Bertz CT molecular complexity index is 523. The Balaban J connectivity index is 2.28. The highest BCUT2D eigenvalue weighted by Gasteiger charge is 2.13. The van der Waals surface area contributed by atoms with Gasteiger partial charge in [0.15, 0.2) is 0 Å². The first-order valence-corrected chi connectivity index (χ1v) is 7.76. The minimum atomic E-state index is -0.397. The number of carbonyl (C=O) groups excluding carboxylic acids is 2. The Kier molecular flexibility index (Phi) is 7.88. The standard InChI is InChI=1S/C16H22ClFN2O2/c1-11(14-8-7-13(18)10-15(14)17)20-16(22)6-4-3-5-9-19-12(2)21/h7-8,10-11H,3-6,9H2,1-2H3,(H,19,21)(H,20,22). The van der Waals surface area contributed by atoms with E-state index in [-0.39, 0.29) is 17.9 Å². The van der Waals surface area contributed by atoms with Gasteiger partial charge in [0.05, 0.1) is 6.04 Å². The lowest BCUT2D eigenvalue weighted by Gasteiger charge is -2.15. The molecule has 0 spiro atoms. The SMILES string of the molecule is CC(=O)NCCCCCC(=O)NC(C)c1ccc(F)cc1Cl. The van der Waals surface area contributed by atoms with Crippen molar-refractivity contribution in [2.75, 3.05) is 6.54 Å². The maximum Gasteiger partial charge on any atom is 0.220 e. The second-order valence-electron chi connectivity index (χ2n) is 5.25. The normalized spacial score (nSPS) is 11.8. The van der Waals surface area contributed by atoms with Gasteiger partial charge in [-0.15, -0.1) is 0 Å². The third-order valence-electron chi connectivity index (χ3n) is 3.26. The van der Waals surface area contributed by atoms with Crippen molar-refractivity contribution in [3.8, 4) is 0 Å². The summed E-state index contributed by atoms with van der Waals surface area (Å²) in [6, 6.07) is 3.88. The number of nitrogens with one attached hydrogen (secondary N) is 2. The quantitative estimate of drug-likeness (QED) is 0.719. The van der Waals surface area contributed by atoms with Gasteiger partial charge in [0, 0.05) is 24.9 Å². The van der Waals surface area contributed by atoms with E-state index in [0.717, 1.165) is 19.3 Å². The Morgan fingerprint density at radius 3 is 2.64 bits per heavy atom. The lowest BCUT2D eigenvalue weighted by molar-refractivity contribution is -0.122. The number of carbonyl (C=O) groups is 2. The highest BCUT2D eigenvalue weighted by Crippen LogP contribution is 2.23. The van der Waals surface area contributed by atoms with E-state index in [0.29, 0.717) is 23.6 Å². The van der Waals surface area contributed by atoms with Crippen molar-refractivity contribution in [2.24, 2.45) is 0 Å². The van der Waals surface area contributed by atoms with Crippen LogP contribution in [0.15, 0.2) is 18.2 Å². The molecule has 0 aliphatic heterocycles. The highest BCUT2D eigenvalue weighted by molar-refractivity contribution is 6.31. The van der Waals surface area contributed by atoms with Gasteiger partial charge in [0.2, 0.25) is 11.8 Å². The van der Waals surface area contributed by atoms with Crippen LogP contribution in [-0.4, -0.2) is 18.4 Å². The van der Waals surface area contributed by atoms with E-state index in [2.05, 4.69) is 10.6 Å². The van der Waals surface area contributed by atoms with Crippen LogP contribution < -0.4 is 10.6 Å². The molecule has 0 aliphatic carbocycles. The molecule has 1 unspecified atom stereocenters. The van der Waals surface area contributed by atoms with Crippen LogP contribution in [0.1, 0.15) is 51.1 Å². The molecule has 1 aromatic rings. The lowest BCUT2D eigenvalue weighted by Crippen LogP contribution is -2.26. The van der Waals surface area contributed by atoms with E-state index >= 15 is 0 Å². The molecular formula is C16H22ClFN2O2. The van der Waals surface area contributed by atoms with E-state index in [1.54, 1.807) is 6.07 Å². The van der Waals surface area contributed by atoms with E-state index in [9.17, 15) is 14.0 Å². The third kappa shape index (κ3) is 6.89. The molecule has 1 aromatic carbocycles. The molecule has 1 atom stereocenters. The number of rotatable bonds is 8. The van der Waals surface area contributed by atoms with Gasteiger partial charge in [-0.3, -0.25) is 9.59 Å². The summed E-state index contributed by atoms with van der Waals surface area (Å²) < 4.78 is 13.0. The van der Waals surface area contributed by atoms with Gasteiger partial charge < -0.3 is 10.6 Å². The molecule has 0 aliphatic rings. The number of hydrogen-bond donors (Lipinski definition) is 2. The Labute approximate surface area is 135 Å². The Morgan fingerprint density at radius 1 is 1.27 bits per heavy atom. The van der Waals surface area contributed by atoms with Gasteiger partial charge in [-0.05, 0) is 37.5 Å². The minimum absolute atomic E-state index is 0.0391. The second-order valence-corrected chi connectivity index (χ2v) is 5.66. The molecule has 0 radical (unpaired) electrons. The van der Waals surface area contributed by atoms with Gasteiger partial charge in [-0.2, -0.15) is 0 Å². The zero-order valence-electron chi connectivity index (χ0n) is 12.9. The average molecular weight is 329 g/mol. The van der Waals surface area contributed by atoms with Gasteiger partial charge in [0.25, 0.3) is 0 Å². The summed E-state index contributed by atoms with van der Waals surface area (Å²) in [5.74, 6) is -0.499. The van der Waals surface area contributed by atoms with E-state index < -0.39 is 5.82 Å². The van der Waals surface area contributed by atoms with Crippen molar-refractivity contribution < 1.29 is 14.0 Å². The summed E-state index contributed by atoms with van der Waals surface area (Å²) in [4.78, 5) is 22.5. The van der Waals surface area contributed by atoms with Crippen molar-refractivity contribution in [3.05, 3.63) is 34.6 Å². The first kappa shape index (κ1) is 18.4. The van der Waals surface area contributed by atoms with Crippen molar-refractivity contribution in [1.82, 2.24) is 10.6 Å². The van der Waals surface area contributed by atoms with Crippen LogP contribution in [0.2, 0.25) is 5.02 Å². The molecule has 22 heavy (non-hydrogen) atoms. The van der Waals surface area contributed by atoms with Crippen LogP contribution in [0, 0.1) is 5.82 Å². The van der Waals surface area contributed by atoms with Crippen LogP contribution in [0.5, 0.6) is 0 Å². The molecule has 0 fully saturated rings. The predicted octanol–water partition coefficient (Wildman–Crippen LogP) is 3.35. The first-order chi connectivity index (χ1) is 10.4. The fraction of sp³-hybridized carbons (Fsp3) is 0.500. The van der Waals surface area contributed by atoms with Crippen LogP contribution in [0.4, 0.5) is 4.39 Å². The number of hydrogen-bond acceptors (Lipinski definition) is 2. The monoisotopic (exact) mass is 328 g/mol. The fourth-order valence-electron chi connectivity index (χ4n) is 2.10.